The molecule has 1 fully saturated rings. The number of aryl methyl sites for hydroxylation is 1. The molecule has 1 aliphatic heterocycles. The monoisotopic (exact) mass is 376 g/mol. The van der Waals surface area contributed by atoms with Crippen LogP contribution in [0.2, 0.25) is 5.15 Å². The van der Waals surface area contributed by atoms with Gasteiger partial charge in [-0.15, -0.1) is 0 Å². The lowest BCUT2D eigenvalue weighted by molar-refractivity contribution is 0.0691. The van der Waals surface area contributed by atoms with Crippen LogP contribution in [0.25, 0.3) is 0 Å². The maximum absolute atomic E-state index is 11.8. The van der Waals surface area contributed by atoms with Gasteiger partial charge < -0.3 is 15.2 Å². The first-order valence-corrected chi connectivity index (χ1v) is 8.32. The van der Waals surface area contributed by atoms with Crippen LogP contribution in [0.4, 0.5) is 16.3 Å². The molecule has 26 heavy (non-hydrogen) atoms. The zero-order valence-electron chi connectivity index (χ0n) is 14.2. The van der Waals surface area contributed by atoms with Crippen molar-refractivity contribution >= 4 is 35.2 Å². The molecule has 0 radical (unpaired) electrons. The van der Waals surface area contributed by atoms with Gasteiger partial charge in [0.1, 0.15) is 17.6 Å². The minimum Gasteiger partial charge on any atom is -0.476 e. The summed E-state index contributed by atoms with van der Waals surface area (Å²) in [4.78, 5) is 33.0. The maximum atomic E-state index is 11.8. The van der Waals surface area contributed by atoms with E-state index in [-0.39, 0.29) is 16.9 Å². The Morgan fingerprint density at radius 1 is 1.38 bits per heavy atom. The van der Waals surface area contributed by atoms with E-state index in [1.807, 2.05) is 19.9 Å². The quantitative estimate of drug-likeness (QED) is 0.771. The molecule has 0 aromatic carbocycles. The molecule has 0 bridgehead atoms. The number of carbonyl (C=O) groups is 2. The summed E-state index contributed by atoms with van der Waals surface area (Å²) in [5.41, 5.74) is 1.75. The number of pyridine rings is 2. The van der Waals surface area contributed by atoms with Crippen molar-refractivity contribution in [2.45, 2.75) is 19.9 Å². The largest absolute Gasteiger partial charge is 0.476 e. The van der Waals surface area contributed by atoms with Crippen molar-refractivity contribution in [2.75, 3.05) is 23.4 Å². The Bertz CT molecular complexity index is 874. The lowest BCUT2D eigenvalue weighted by atomic mass is 10.1. The van der Waals surface area contributed by atoms with E-state index in [0.29, 0.717) is 30.4 Å². The van der Waals surface area contributed by atoms with Gasteiger partial charge >= 0.3 is 12.1 Å². The number of cyclic esters (lactones) is 1. The average Bonchev–Trinajstić information content (AvgIpc) is 3.01. The summed E-state index contributed by atoms with van der Waals surface area (Å²) in [5.74, 6) is -0.677. The van der Waals surface area contributed by atoms with Crippen molar-refractivity contribution in [3.05, 3.63) is 46.4 Å². The number of carboxylic acid groups (broad SMARTS) is 1. The highest BCUT2D eigenvalue weighted by Gasteiger charge is 2.26. The molecule has 0 saturated carbocycles. The molecule has 0 aliphatic carbocycles. The number of aromatic nitrogens is 2. The highest BCUT2D eigenvalue weighted by atomic mass is 35.5. The number of amides is 1. The maximum Gasteiger partial charge on any atom is 0.415 e. The third-order valence-corrected chi connectivity index (χ3v) is 4.10. The van der Waals surface area contributed by atoms with Crippen LogP contribution in [-0.2, 0) is 4.74 Å². The standard InChI is InChI=1S/C17H17ClN4O4/c1-9-7-12(20-14(8-9)22-5-6-26-17(22)25)10(2)19-11-3-4-13(18)21-15(11)16(23)24/h3-4,7-8,10,19H,5-6H2,1-2H3,(H,23,24). The second kappa shape index (κ2) is 7.17. The lowest BCUT2D eigenvalue weighted by Gasteiger charge is -2.19. The normalized spacial score (nSPS) is 14.9. The van der Waals surface area contributed by atoms with Crippen LogP contribution in [0.1, 0.15) is 34.7 Å². The number of halogens is 1. The summed E-state index contributed by atoms with van der Waals surface area (Å²) in [6, 6.07) is 6.41. The summed E-state index contributed by atoms with van der Waals surface area (Å²) in [6.07, 6.45) is -0.426. The molecule has 2 aromatic heterocycles. The highest BCUT2D eigenvalue weighted by molar-refractivity contribution is 6.29. The first kappa shape index (κ1) is 17.9. The predicted molar refractivity (Wildman–Crippen MR) is 95.9 cm³/mol. The van der Waals surface area contributed by atoms with Gasteiger partial charge in [-0.25, -0.2) is 19.6 Å². The molecule has 3 heterocycles. The van der Waals surface area contributed by atoms with Crippen LogP contribution in [0.5, 0.6) is 0 Å². The number of anilines is 2. The summed E-state index contributed by atoms with van der Waals surface area (Å²) >= 11 is 5.78. The van der Waals surface area contributed by atoms with Crippen LogP contribution >= 0.6 is 11.6 Å². The SMILES string of the molecule is Cc1cc(C(C)Nc2ccc(Cl)nc2C(=O)O)nc(N2CCOC2=O)c1. The Hall–Kier alpha value is -2.87. The van der Waals surface area contributed by atoms with Crippen molar-refractivity contribution in [3.8, 4) is 0 Å². The number of rotatable bonds is 5. The third-order valence-electron chi connectivity index (χ3n) is 3.89. The molecule has 1 aliphatic rings. The molecule has 9 heteroatoms. The minimum atomic E-state index is -1.18. The Morgan fingerprint density at radius 2 is 2.15 bits per heavy atom. The fourth-order valence-electron chi connectivity index (χ4n) is 2.66. The van der Waals surface area contributed by atoms with Gasteiger partial charge in [0, 0.05) is 0 Å². The number of nitrogens with zero attached hydrogens (tertiary/aromatic N) is 3. The van der Waals surface area contributed by atoms with E-state index < -0.39 is 12.1 Å². The van der Waals surface area contributed by atoms with Crippen LogP contribution in [0, 0.1) is 6.92 Å². The Balaban J connectivity index is 1.89. The van der Waals surface area contributed by atoms with Crippen molar-refractivity contribution in [1.82, 2.24) is 9.97 Å². The Morgan fingerprint density at radius 3 is 2.81 bits per heavy atom. The molecule has 8 nitrogen and oxygen atoms in total. The van der Waals surface area contributed by atoms with Crippen LogP contribution in [0.15, 0.2) is 24.3 Å². The summed E-state index contributed by atoms with van der Waals surface area (Å²) in [5, 5.41) is 12.5. The number of carboxylic acids is 1. The van der Waals surface area contributed by atoms with Gasteiger partial charge in [0.15, 0.2) is 5.69 Å². The van der Waals surface area contributed by atoms with Crippen molar-refractivity contribution < 1.29 is 19.4 Å². The van der Waals surface area contributed by atoms with Gasteiger partial charge in [-0.2, -0.15) is 0 Å². The zero-order valence-corrected chi connectivity index (χ0v) is 14.9. The molecule has 1 unspecified atom stereocenters. The molecule has 136 valence electrons. The first-order chi connectivity index (χ1) is 12.3. The van der Waals surface area contributed by atoms with Gasteiger partial charge in [0.25, 0.3) is 0 Å². The van der Waals surface area contributed by atoms with Crippen molar-refractivity contribution in [2.24, 2.45) is 0 Å². The molecule has 1 atom stereocenters. The van der Waals surface area contributed by atoms with Gasteiger partial charge in [-0.05, 0) is 43.7 Å². The third kappa shape index (κ3) is 3.70. The Kier molecular flexibility index (Phi) is 4.94. The highest BCUT2D eigenvalue weighted by Crippen LogP contribution is 2.25. The molecule has 2 aromatic rings. The molecule has 0 spiro atoms. The van der Waals surface area contributed by atoms with Crippen LogP contribution in [0.3, 0.4) is 0 Å². The van der Waals surface area contributed by atoms with Gasteiger partial charge in [-0.1, -0.05) is 11.6 Å². The average molecular weight is 377 g/mol. The van der Waals surface area contributed by atoms with Crippen LogP contribution in [-0.4, -0.2) is 40.3 Å². The minimum absolute atomic E-state index is 0.101. The number of carbonyl (C=O) groups excluding carboxylic acids is 1. The first-order valence-electron chi connectivity index (χ1n) is 7.94. The molecular weight excluding hydrogens is 360 g/mol. The summed E-state index contributed by atoms with van der Waals surface area (Å²) < 4.78 is 4.95. The molecule has 1 amide bonds. The van der Waals surface area contributed by atoms with E-state index in [4.69, 9.17) is 16.3 Å². The lowest BCUT2D eigenvalue weighted by Crippen LogP contribution is -2.25. The molecular formula is C17H17ClN4O4. The van der Waals surface area contributed by atoms with Gasteiger partial charge in [0.05, 0.1) is 24.0 Å². The summed E-state index contributed by atoms with van der Waals surface area (Å²) in [7, 11) is 0. The molecule has 3 rings (SSSR count). The number of hydrogen-bond donors (Lipinski definition) is 2. The fourth-order valence-corrected chi connectivity index (χ4v) is 2.81. The number of nitrogens with one attached hydrogen (secondary N) is 1. The van der Waals surface area contributed by atoms with Crippen molar-refractivity contribution in [3.63, 3.8) is 0 Å². The fraction of sp³-hybridized carbons (Fsp3) is 0.294. The number of aromatic carboxylic acids is 1. The van der Waals surface area contributed by atoms with E-state index in [9.17, 15) is 14.7 Å². The second-order valence-corrected chi connectivity index (χ2v) is 6.28. The molecule has 2 N–H and O–H groups in total. The zero-order chi connectivity index (χ0) is 18.8. The van der Waals surface area contributed by atoms with Crippen molar-refractivity contribution in [1.29, 1.82) is 0 Å². The number of hydrogen-bond acceptors (Lipinski definition) is 6. The van der Waals surface area contributed by atoms with E-state index in [1.54, 1.807) is 12.1 Å². The Labute approximate surface area is 154 Å². The van der Waals surface area contributed by atoms with E-state index in [1.165, 1.54) is 11.0 Å². The van der Waals surface area contributed by atoms with E-state index in [2.05, 4.69) is 15.3 Å². The smallest absolute Gasteiger partial charge is 0.415 e. The number of ether oxygens (including phenoxy) is 1. The van der Waals surface area contributed by atoms with E-state index >= 15 is 0 Å². The van der Waals surface area contributed by atoms with Gasteiger partial charge in [0.2, 0.25) is 0 Å². The second-order valence-electron chi connectivity index (χ2n) is 5.89. The summed E-state index contributed by atoms with van der Waals surface area (Å²) in [6.45, 7) is 4.51. The van der Waals surface area contributed by atoms with E-state index in [0.717, 1.165) is 5.56 Å². The predicted octanol–water partition coefficient (Wildman–Crippen LogP) is 3.27. The van der Waals surface area contributed by atoms with Crippen LogP contribution < -0.4 is 10.2 Å². The van der Waals surface area contributed by atoms with Gasteiger partial charge in [-0.3, -0.25) is 4.90 Å². The topological polar surface area (TPSA) is 105 Å². The molecule has 1 saturated heterocycles.